The zero-order chi connectivity index (χ0) is 19.4. The molecule has 2 saturated heterocycles. The summed E-state index contributed by atoms with van der Waals surface area (Å²) in [6.45, 7) is 6.59. The zero-order valence-electron chi connectivity index (χ0n) is 15.8. The summed E-state index contributed by atoms with van der Waals surface area (Å²) >= 11 is 8.03. The van der Waals surface area contributed by atoms with Crippen LogP contribution in [0.15, 0.2) is 24.3 Å². The lowest BCUT2D eigenvalue weighted by molar-refractivity contribution is -0.136. The molecule has 0 N–H and O–H groups in total. The minimum Gasteiger partial charge on any atom is -0.375 e. The first kappa shape index (κ1) is 20.5. The number of hydrogen-bond donors (Lipinski definition) is 0. The maximum absolute atomic E-state index is 12.7. The molecule has 2 fully saturated rings. The summed E-state index contributed by atoms with van der Waals surface area (Å²) in [7, 11) is 1.54. The van der Waals surface area contributed by atoms with Gasteiger partial charge in [-0.05, 0) is 13.0 Å². The quantitative estimate of drug-likeness (QED) is 0.717. The van der Waals surface area contributed by atoms with E-state index in [0.717, 1.165) is 25.2 Å². The van der Waals surface area contributed by atoms with Gasteiger partial charge in [-0.1, -0.05) is 29.8 Å². The van der Waals surface area contributed by atoms with Crippen LogP contribution >= 0.6 is 23.4 Å². The molecule has 0 aromatic heterocycles. The minimum absolute atomic E-state index is 0.0363. The number of methoxy groups -OCH3 is 1. The van der Waals surface area contributed by atoms with Crippen LogP contribution in [0.25, 0.3) is 0 Å². The fraction of sp³-hybridized carbons (Fsp3) is 0.579. The number of nitrogens with zero attached hydrogens (tertiary/aromatic N) is 3. The Morgan fingerprint density at radius 2 is 1.93 bits per heavy atom. The van der Waals surface area contributed by atoms with E-state index in [2.05, 4.69) is 4.90 Å². The first-order valence-corrected chi connectivity index (χ1v) is 10.5. The van der Waals surface area contributed by atoms with E-state index >= 15 is 0 Å². The third kappa shape index (κ3) is 4.77. The molecule has 27 heavy (non-hydrogen) atoms. The summed E-state index contributed by atoms with van der Waals surface area (Å²) < 4.78 is 4.92. The molecule has 3 rings (SSSR count). The molecule has 0 radical (unpaired) electrons. The molecule has 0 unspecified atom stereocenters. The van der Waals surface area contributed by atoms with Gasteiger partial charge in [0.25, 0.3) is 0 Å². The molecule has 2 atom stereocenters. The van der Waals surface area contributed by atoms with Gasteiger partial charge < -0.3 is 14.5 Å². The van der Waals surface area contributed by atoms with E-state index in [0.29, 0.717) is 24.7 Å². The summed E-state index contributed by atoms with van der Waals surface area (Å²) in [4.78, 5) is 30.6. The fourth-order valence-electron chi connectivity index (χ4n) is 3.50. The van der Waals surface area contributed by atoms with Gasteiger partial charge in [-0.2, -0.15) is 0 Å². The molecule has 2 aliphatic heterocycles. The van der Waals surface area contributed by atoms with Crippen molar-refractivity contribution in [2.24, 2.45) is 0 Å². The van der Waals surface area contributed by atoms with E-state index in [1.807, 2.05) is 41.0 Å². The van der Waals surface area contributed by atoms with Crippen molar-refractivity contribution in [3.05, 3.63) is 34.9 Å². The van der Waals surface area contributed by atoms with Crippen LogP contribution < -0.4 is 0 Å². The standard InChI is InChI=1S/C19H26ClN3O3S/c1-14-18(25)23(19(27-14)15-5-3-4-6-16(15)20)12-9-21-7-10-22(11-8-21)17(24)13-26-2/h3-6,14,19H,7-13H2,1-2H3/t14-,19-/m0/s1. The number of halogens is 1. The molecular weight excluding hydrogens is 386 g/mol. The molecule has 148 valence electrons. The molecule has 6 nitrogen and oxygen atoms in total. The Balaban J connectivity index is 1.57. The predicted molar refractivity (Wildman–Crippen MR) is 108 cm³/mol. The first-order chi connectivity index (χ1) is 13.0. The molecule has 0 aliphatic carbocycles. The summed E-state index contributed by atoms with van der Waals surface area (Å²) in [5.74, 6) is 0.203. The molecule has 0 bridgehead atoms. The van der Waals surface area contributed by atoms with Crippen molar-refractivity contribution in [3.8, 4) is 0 Å². The number of piperazine rings is 1. The van der Waals surface area contributed by atoms with Crippen LogP contribution in [-0.4, -0.2) is 84.7 Å². The highest BCUT2D eigenvalue weighted by atomic mass is 35.5. The average Bonchev–Trinajstić information content (AvgIpc) is 2.95. The number of carbonyl (C=O) groups excluding carboxylic acids is 2. The lowest BCUT2D eigenvalue weighted by Crippen LogP contribution is -2.51. The Bertz CT molecular complexity index is 682. The monoisotopic (exact) mass is 411 g/mol. The van der Waals surface area contributed by atoms with Gasteiger partial charge in [0.15, 0.2) is 0 Å². The molecule has 8 heteroatoms. The second-order valence-corrected chi connectivity index (χ2v) is 8.67. The number of ether oxygens (including phenoxy) is 1. The number of thioether (sulfide) groups is 1. The maximum atomic E-state index is 12.7. The number of rotatable bonds is 6. The third-order valence-electron chi connectivity index (χ3n) is 5.07. The summed E-state index contributed by atoms with van der Waals surface area (Å²) in [6, 6.07) is 7.74. The Morgan fingerprint density at radius 3 is 2.59 bits per heavy atom. The molecule has 2 aliphatic rings. The highest BCUT2D eigenvalue weighted by Crippen LogP contribution is 2.44. The van der Waals surface area contributed by atoms with Crippen molar-refractivity contribution < 1.29 is 14.3 Å². The Labute approximate surface area is 169 Å². The Morgan fingerprint density at radius 1 is 1.22 bits per heavy atom. The van der Waals surface area contributed by atoms with Gasteiger partial charge in [0.05, 0.1) is 5.25 Å². The highest BCUT2D eigenvalue weighted by Gasteiger charge is 2.39. The zero-order valence-corrected chi connectivity index (χ0v) is 17.3. The third-order valence-corrected chi connectivity index (χ3v) is 6.79. The van der Waals surface area contributed by atoms with Crippen LogP contribution in [0.1, 0.15) is 17.9 Å². The van der Waals surface area contributed by atoms with Crippen molar-refractivity contribution in [3.63, 3.8) is 0 Å². The Hall–Kier alpha value is -1.28. The molecule has 2 heterocycles. The molecule has 1 aromatic rings. The second kappa shape index (κ2) is 9.28. The SMILES string of the molecule is COCC(=O)N1CCN(CCN2C(=O)[C@H](C)S[C@H]2c2ccccc2Cl)CC1. The van der Waals surface area contributed by atoms with E-state index in [1.54, 1.807) is 11.8 Å². The van der Waals surface area contributed by atoms with Gasteiger partial charge in [0.1, 0.15) is 12.0 Å². The number of benzene rings is 1. The van der Waals surface area contributed by atoms with E-state index in [1.165, 1.54) is 7.11 Å². The van der Waals surface area contributed by atoms with Crippen molar-refractivity contribution in [2.75, 3.05) is 53.0 Å². The van der Waals surface area contributed by atoms with Crippen molar-refractivity contribution >= 4 is 35.2 Å². The number of hydrogen-bond acceptors (Lipinski definition) is 5. The topological polar surface area (TPSA) is 53.1 Å². The van der Waals surface area contributed by atoms with Crippen LogP contribution in [0, 0.1) is 0 Å². The summed E-state index contributed by atoms with van der Waals surface area (Å²) in [5.41, 5.74) is 0.997. The number of amides is 2. The molecule has 2 amide bonds. The van der Waals surface area contributed by atoms with E-state index in [4.69, 9.17) is 16.3 Å². The maximum Gasteiger partial charge on any atom is 0.248 e. The normalized spacial score (nSPS) is 23.9. The summed E-state index contributed by atoms with van der Waals surface area (Å²) in [6.07, 6.45) is 0. The molecule has 1 aromatic carbocycles. The van der Waals surface area contributed by atoms with Gasteiger partial charge in [-0.25, -0.2) is 0 Å². The molecule has 0 spiro atoms. The fourth-order valence-corrected chi connectivity index (χ4v) is 5.15. The van der Waals surface area contributed by atoms with Gasteiger partial charge in [0, 0.05) is 57.0 Å². The van der Waals surface area contributed by atoms with Crippen LogP contribution in [0.4, 0.5) is 0 Å². The van der Waals surface area contributed by atoms with Crippen molar-refractivity contribution in [1.29, 1.82) is 0 Å². The predicted octanol–water partition coefficient (Wildman–Crippen LogP) is 2.09. The van der Waals surface area contributed by atoms with Crippen LogP contribution in [0.3, 0.4) is 0 Å². The number of carbonyl (C=O) groups is 2. The first-order valence-electron chi connectivity index (χ1n) is 9.20. The van der Waals surface area contributed by atoms with E-state index in [9.17, 15) is 9.59 Å². The minimum atomic E-state index is -0.0604. The lowest BCUT2D eigenvalue weighted by atomic mass is 10.2. The van der Waals surface area contributed by atoms with Crippen molar-refractivity contribution in [1.82, 2.24) is 14.7 Å². The lowest BCUT2D eigenvalue weighted by Gasteiger charge is -2.36. The average molecular weight is 412 g/mol. The van der Waals surface area contributed by atoms with Gasteiger partial charge in [-0.15, -0.1) is 11.8 Å². The highest BCUT2D eigenvalue weighted by molar-refractivity contribution is 8.01. The van der Waals surface area contributed by atoms with Gasteiger partial charge in [0.2, 0.25) is 11.8 Å². The van der Waals surface area contributed by atoms with Gasteiger partial charge in [-0.3, -0.25) is 14.5 Å². The summed E-state index contributed by atoms with van der Waals surface area (Å²) in [5, 5.41) is 0.604. The van der Waals surface area contributed by atoms with Crippen LogP contribution in [0.2, 0.25) is 5.02 Å². The largest absolute Gasteiger partial charge is 0.375 e. The smallest absolute Gasteiger partial charge is 0.248 e. The molecule has 0 saturated carbocycles. The van der Waals surface area contributed by atoms with Crippen LogP contribution in [0.5, 0.6) is 0 Å². The van der Waals surface area contributed by atoms with Crippen molar-refractivity contribution in [2.45, 2.75) is 17.5 Å². The Kier molecular flexibility index (Phi) is 7.03. The van der Waals surface area contributed by atoms with E-state index < -0.39 is 0 Å². The van der Waals surface area contributed by atoms with Gasteiger partial charge >= 0.3 is 0 Å². The second-order valence-electron chi connectivity index (χ2n) is 6.84. The molecular formula is C19H26ClN3O3S. The van der Waals surface area contributed by atoms with E-state index in [-0.39, 0.29) is 29.0 Å². The van der Waals surface area contributed by atoms with Crippen LogP contribution in [-0.2, 0) is 14.3 Å².